The normalized spacial score (nSPS) is 15.8. The zero-order valence-electron chi connectivity index (χ0n) is 21.5. The number of ketones is 1. The SMILES string of the molecule is CCCCCCCCCCCCCCCCOC1(C=Cc2ccc(OC)cc2)OCC(=O)CO1. The van der Waals surface area contributed by atoms with E-state index in [4.69, 9.17) is 18.9 Å². The molecule has 0 saturated carbocycles. The summed E-state index contributed by atoms with van der Waals surface area (Å²) in [6, 6.07) is 7.69. The average molecular weight is 475 g/mol. The Morgan fingerprint density at radius 1 is 0.794 bits per heavy atom. The molecule has 0 bridgehead atoms. The molecule has 1 aromatic carbocycles. The molecule has 0 atom stereocenters. The lowest BCUT2D eigenvalue weighted by atomic mass is 10.0. The summed E-state index contributed by atoms with van der Waals surface area (Å²) in [6.07, 6.45) is 22.1. The van der Waals surface area contributed by atoms with Gasteiger partial charge in [-0.15, -0.1) is 0 Å². The zero-order valence-corrected chi connectivity index (χ0v) is 21.5. The van der Waals surface area contributed by atoms with Gasteiger partial charge in [-0.3, -0.25) is 4.79 Å². The first-order chi connectivity index (χ1) is 16.7. The van der Waals surface area contributed by atoms with E-state index in [-0.39, 0.29) is 19.0 Å². The Morgan fingerprint density at radius 3 is 1.79 bits per heavy atom. The summed E-state index contributed by atoms with van der Waals surface area (Å²) in [5, 5.41) is 0. The second kappa shape index (κ2) is 17.7. The topological polar surface area (TPSA) is 54.0 Å². The van der Waals surface area contributed by atoms with Gasteiger partial charge in [0.25, 0.3) is 0 Å². The monoisotopic (exact) mass is 474 g/mol. The van der Waals surface area contributed by atoms with Crippen LogP contribution in [0.25, 0.3) is 6.08 Å². The van der Waals surface area contributed by atoms with Crippen molar-refractivity contribution in [3.8, 4) is 5.75 Å². The Balaban J connectivity index is 1.57. The first-order valence-corrected chi connectivity index (χ1v) is 13.4. The molecule has 0 amide bonds. The Kier molecular flexibility index (Phi) is 14.9. The Morgan fingerprint density at radius 2 is 1.29 bits per heavy atom. The quantitative estimate of drug-likeness (QED) is 0.195. The molecular weight excluding hydrogens is 428 g/mol. The number of ether oxygens (including phenoxy) is 4. The predicted octanol–water partition coefficient (Wildman–Crippen LogP) is 7.48. The average Bonchev–Trinajstić information content (AvgIpc) is 2.87. The number of hydrogen-bond donors (Lipinski definition) is 0. The summed E-state index contributed by atoms with van der Waals surface area (Å²) in [5.41, 5.74) is 0.976. The van der Waals surface area contributed by atoms with Crippen molar-refractivity contribution in [2.45, 2.75) is 103 Å². The molecule has 1 aromatic rings. The van der Waals surface area contributed by atoms with E-state index in [1.54, 1.807) is 13.2 Å². The molecule has 192 valence electrons. The van der Waals surface area contributed by atoms with Crippen molar-refractivity contribution in [1.29, 1.82) is 0 Å². The highest BCUT2D eigenvalue weighted by Crippen LogP contribution is 2.24. The van der Waals surface area contributed by atoms with Crippen molar-refractivity contribution >= 4 is 11.9 Å². The van der Waals surface area contributed by atoms with Gasteiger partial charge in [-0.1, -0.05) is 109 Å². The Hall–Kier alpha value is -1.69. The van der Waals surface area contributed by atoms with E-state index in [1.165, 1.54) is 77.0 Å². The van der Waals surface area contributed by atoms with Crippen molar-refractivity contribution in [2.75, 3.05) is 26.9 Å². The van der Waals surface area contributed by atoms with E-state index in [9.17, 15) is 4.79 Å². The van der Waals surface area contributed by atoms with Gasteiger partial charge < -0.3 is 18.9 Å². The van der Waals surface area contributed by atoms with Crippen molar-refractivity contribution in [3.63, 3.8) is 0 Å². The van der Waals surface area contributed by atoms with Gasteiger partial charge in [0.05, 0.1) is 13.7 Å². The standard InChI is InChI=1S/C29H46O5/c1-3-4-5-6-7-8-9-10-11-12-13-14-15-16-23-32-29(33-24-27(30)25-34-29)22-21-26-17-19-28(31-2)20-18-26/h17-22H,3-16,23-25H2,1-2H3. The number of carbonyl (C=O) groups excluding carboxylic acids is 1. The van der Waals surface area contributed by atoms with Gasteiger partial charge in [-0.05, 0) is 24.1 Å². The maximum atomic E-state index is 11.6. The molecule has 34 heavy (non-hydrogen) atoms. The van der Waals surface area contributed by atoms with Crippen LogP contribution in [0.2, 0.25) is 0 Å². The van der Waals surface area contributed by atoms with Gasteiger partial charge in [0.2, 0.25) is 0 Å². The number of hydrogen-bond acceptors (Lipinski definition) is 5. The van der Waals surface area contributed by atoms with Crippen LogP contribution in [-0.2, 0) is 19.0 Å². The molecule has 1 aliphatic heterocycles. The fraction of sp³-hybridized carbons (Fsp3) is 0.690. The van der Waals surface area contributed by atoms with E-state index in [1.807, 2.05) is 30.3 Å². The molecule has 0 N–H and O–H groups in total. The number of methoxy groups -OCH3 is 1. The van der Waals surface area contributed by atoms with Crippen molar-refractivity contribution in [3.05, 3.63) is 35.9 Å². The van der Waals surface area contributed by atoms with Crippen LogP contribution in [0, 0.1) is 0 Å². The maximum absolute atomic E-state index is 11.6. The van der Waals surface area contributed by atoms with Crippen molar-refractivity contribution < 1.29 is 23.7 Å². The lowest BCUT2D eigenvalue weighted by Crippen LogP contribution is -2.45. The molecule has 0 aliphatic carbocycles. The predicted molar refractivity (Wildman–Crippen MR) is 138 cm³/mol. The third-order valence-electron chi connectivity index (χ3n) is 6.27. The first-order valence-electron chi connectivity index (χ1n) is 13.4. The van der Waals surface area contributed by atoms with Crippen LogP contribution in [0.4, 0.5) is 0 Å². The highest BCUT2D eigenvalue weighted by Gasteiger charge is 2.36. The van der Waals surface area contributed by atoms with Gasteiger partial charge in [0, 0.05) is 6.08 Å². The minimum absolute atomic E-state index is 0.00565. The van der Waals surface area contributed by atoms with Gasteiger partial charge in [-0.25, -0.2) is 0 Å². The van der Waals surface area contributed by atoms with Crippen LogP contribution >= 0.6 is 0 Å². The van der Waals surface area contributed by atoms with Crippen molar-refractivity contribution in [2.24, 2.45) is 0 Å². The molecular formula is C29H46O5. The van der Waals surface area contributed by atoms with Crippen molar-refractivity contribution in [1.82, 2.24) is 0 Å². The number of carbonyl (C=O) groups is 1. The maximum Gasteiger partial charge on any atom is 0.305 e. The fourth-order valence-electron chi connectivity index (χ4n) is 4.10. The van der Waals surface area contributed by atoms with E-state index in [2.05, 4.69) is 6.92 Å². The molecule has 1 fully saturated rings. The van der Waals surface area contributed by atoms with Crippen LogP contribution in [0.3, 0.4) is 0 Å². The highest BCUT2D eigenvalue weighted by molar-refractivity contribution is 5.81. The second-order valence-corrected chi connectivity index (χ2v) is 9.27. The molecule has 1 aliphatic rings. The third-order valence-corrected chi connectivity index (χ3v) is 6.27. The molecule has 5 nitrogen and oxygen atoms in total. The van der Waals surface area contributed by atoms with Crippen LogP contribution in [0.15, 0.2) is 30.3 Å². The third kappa shape index (κ3) is 12.1. The smallest absolute Gasteiger partial charge is 0.305 e. The highest BCUT2D eigenvalue weighted by atomic mass is 16.9. The van der Waals surface area contributed by atoms with E-state index in [0.29, 0.717) is 6.61 Å². The number of unbranched alkanes of at least 4 members (excludes halogenated alkanes) is 13. The lowest BCUT2D eigenvalue weighted by molar-refractivity contribution is -0.356. The minimum Gasteiger partial charge on any atom is -0.497 e. The van der Waals surface area contributed by atoms with Gasteiger partial charge in [0.15, 0.2) is 5.78 Å². The molecule has 0 unspecified atom stereocenters. The molecule has 0 radical (unpaired) electrons. The summed E-state index contributed by atoms with van der Waals surface area (Å²) in [4.78, 5) is 11.6. The zero-order chi connectivity index (χ0) is 24.3. The fourth-order valence-corrected chi connectivity index (χ4v) is 4.10. The van der Waals surface area contributed by atoms with Crippen LogP contribution in [0.5, 0.6) is 5.75 Å². The summed E-state index contributed by atoms with van der Waals surface area (Å²) in [6.45, 7) is 2.82. The largest absolute Gasteiger partial charge is 0.497 e. The van der Waals surface area contributed by atoms with E-state index >= 15 is 0 Å². The molecule has 1 saturated heterocycles. The van der Waals surface area contributed by atoms with E-state index in [0.717, 1.165) is 24.2 Å². The van der Waals surface area contributed by atoms with Crippen LogP contribution < -0.4 is 4.74 Å². The van der Waals surface area contributed by atoms with Gasteiger partial charge in [0.1, 0.15) is 19.0 Å². The van der Waals surface area contributed by atoms with Gasteiger partial charge >= 0.3 is 5.97 Å². The molecule has 1 heterocycles. The minimum atomic E-state index is -1.29. The molecule has 0 aromatic heterocycles. The summed E-state index contributed by atoms with van der Waals surface area (Å²) < 4.78 is 22.5. The Labute approximate surface area is 207 Å². The summed E-state index contributed by atoms with van der Waals surface area (Å²) in [7, 11) is 1.64. The second-order valence-electron chi connectivity index (χ2n) is 9.27. The van der Waals surface area contributed by atoms with Crippen LogP contribution in [-0.4, -0.2) is 38.7 Å². The summed E-state index contributed by atoms with van der Waals surface area (Å²) in [5.74, 6) is -0.560. The number of benzene rings is 1. The van der Waals surface area contributed by atoms with E-state index < -0.39 is 5.97 Å². The number of rotatable bonds is 19. The molecule has 5 heteroatoms. The number of Topliss-reactive ketones (excluding diaryl/α,β-unsaturated/α-hetero) is 1. The van der Waals surface area contributed by atoms with Gasteiger partial charge in [-0.2, -0.15) is 0 Å². The summed E-state index contributed by atoms with van der Waals surface area (Å²) >= 11 is 0. The van der Waals surface area contributed by atoms with Crippen LogP contribution in [0.1, 0.15) is 102 Å². The Bertz CT molecular complexity index is 672. The first kappa shape index (κ1) is 28.5. The molecule has 0 spiro atoms. The lowest BCUT2D eigenvalue weighted by Gasteiger charge is -2.33. The molecule has 2 rings (SSSR count).